The molecular formula is C25H20OS2. The van der Waals surface area contributed by atoms with Gasteiger partial charge in [0.25, 0.3) is 0 Å². The Morgan fingerprint density at radius 3 is 1.11 bits per heavy atom. The molecule has 1 nitrogen and oxygen atoms in total. The zero-order valence-electron chi connectivity index (χ0n) is 15.2. The maximum atomic E-state index is 10.7. The topological polar surface area (TPSA) is 20.2 Å². The van der Waals surface area contributed by atoms with Gasteiger partial charge in [0.05, 0.1) is 0 Å². The summed E-state index contributed by atoms with van der Waals surface area (Å²) in [5.41, 5.74) is 1.81. The predicted molar refractivity (Wildman–Crippen MR) is 118 cm³/mol. The van der Waals surface area contributed by atoms with Gasteiger partial charge in [0.2, 0.25) is 0 Å². The molecule has 138 valence electrons. The Kier molecular flexibility index (Phi) is 6.17. The minimum Gasteiger partial charge on any atom is -0.384 e. The van der Waals surface area contributed by atoms with Gasteiger partial charge in [-0.25, -0.2) is 0 Å². The lowest BCUT2D eigenvalue weighted by Gasteiger charge is -2.13. The Balaban J connectivity index is 1.43. The highest BCUT2D eigenvalue weighted by Crippen LogP contribution is 2.31. The van der Waals surface area contributed by atoms with Crippen molar-refractivity contribution in [3.63, 3.8) is 0 Å². The maximum absolute atomic E-state index is 10.7. The van der Waals surface area contributed by atoms with E-state index in [1.807, 2.05) is 60.7 Å². The average Bonchev–Trinajstić information content (AvgIpc) is 2.76. The fourth-order valence-electron chi connectivity index (χ4n) is 2.88. The van der Waals surface area contributed by atoms with Gasteiger partial charge in [-0.3, -0.25) is 0 Å². The lowest BCUT2D eigenvalue weighted by molar-refractivity contribution is 0.220. The van der Waals surface area contributed by atoms with Gasteiger partial charge in [-0.05, 0) is 59.7 Å². The second-order valence-corrected chi connectivity index (χ2v) is 8.66. The van der Waals surface area contributed by atoms with Gasteiger partial charge >= 0.3 is 0 Å². The SMILES string of the molecule is OC(c1ccc(Sc2ccccc2)cc1)c1ccc(Sc2ccccc2)cc1. The van der Waals surface area contributed by atoms with Crippen molar-refractivity contribution < 1.29 is 5.11 Å². The van der Waals surface area contributed by atoms with Gasteiger partial charge in [0.1, 0.15) is 6.10 Å². The Hall–Kier alpha value is -2.46. The third-order valence-corrected chi connectivity index (χ3v) is 6.38. The molecule has 28 heavy (non-hydrogen) atoms. The number of aliphatic hydroxyl groups excluding tert-OH is 1. The van der Waals surface area contributed by atoms with E-state index in [1.54, 1.807) is 23.5 Å². The zero-order chi connectivity index (χ0) is 19.2. The van der Waals surface area contributed by atoms with Gasteiger partial charge in [-0.1, -0.05) is 84.2 Å². The van der Waals surface area contributed by atoms with Crippen molar-refractivity contribution in [2.24, 2.45) is 0 Å². The summed E-state index contributed by atoms with van der Waals surface area (Å²) in [6, 6.07) is 36.9. The molecular weight excluding hydrogens is 380 g/mol. The van der Waals surface area contributed by atoms with E-state index < -0.39 is 6.10 Å². The first kappa shape index (κ1) is 18.9. The van der Waals surface area contributed by atoms with E-state index in [4.69, 9.17) is 0 Å². The molecule has 0 radical (unpaired) electrons. The van der Waals surface area contributed by atoms with E-state index >= 15 is 0 Å². The zero-order valence-corrected chi connectivity index (χ0v) is 16.9. The van der Waals surface area contributed by atoms with Crippen LogP contribution in [0.5, 0.6) is 0 Å². The second kappa shape index (κ2) is 9.16. The van der Waals surface area contributed by atoms with Crippen LogP contribution in [-0.4, -0.2) is 5.11 Å². The fraction of sp³-hybridized carbons (Fsp3) is 0.0400. The average molecular weight is 401 g/mol. The first-order valence-corrected chi connectivity index (χ1v) is 10.7. The molecule has 0 aliphatic heterocycles. The summed E-state index contributed by atoms with van der Waals surface area (Å²) in [5.74, 6) is 0. The molecule has 0 fully saturated rings. The number of hydrogen-bond donors (Lipinski definition) is 1. The second-order valence-electron chi connectivity index (χ2n) is 6.37. The molecule has 4 aromatic rings. The largest absolute Gasteiger partial charge is 0.384 e. The number of benzene rings is 4. The lowest BCUT2D eigenvalue weighted by Crippen LogP contribution is -1.99. The Bertz CT molecular complexity index is 913. The van der Waals surface area contributed by atoms with Crippen molar-refractivity contribution in [2.45, 2.75) is 25.7 Å². The van der Waals surface area contributed by atoms with Gasteiger partial charge < -0.3 is 5.11 Å². The minimum absolute atomic E-state index is 0.619. The quantitative estimate of drug-likeness (QED) is 0.374. The first-order valence-electron chi connectivity index (χ1n) is 9.12. The van der Waals surface area contributed by atoms with Crippen LogP contribution < -0.4 is 0 Å². The van der Waals surface area contributed by atoms with Crippen LogP contribution in [0.15, 0.2) is 129 Å². The maximum Gasteiger partial charge on any atom is 0.104 e. The summed E-state index contributed by atoms with van der Waals surface area (Å²) in [7, 11) is 0. The van der Waals surface area contributed by atoms with E-state index in [0.29, 0.717) is 0 Å². The number of rotatable bonds is 6. The van der Waals surface area contributed by atoms with Crippen LogP contribution in [0, 0.1) is 0 Å². The van der Waals surface area contributed by atoms with Crippen molar-refractivity contribution in [3.8, 4) is 0 Å². The predicted octanol–water partition coefficient (Wildman–Crippen LogP) is 7.07. The Morgan fingerprint density at radius 2 is 0.750 bits per heavy atom. The summed E-state index contributed by atoms with van der Waals surface area (Å²) >= 11 is 3.44. The van der Waals surface area contributed by atoms with Crippen molar-refractivity contribution in [1.29, 1.82) is 0 Å². The van der Waals surface area contributed by atoms with Crippen LogP contribution in [0.25, 0.3) is 0 Å². The molecule has 0 bridgehead atoms. The molecule has 0 heterocycles. The third kappa shape index (κ3) is 4.87. The smallest absolute Gasteiger partial charge is 0.104 e. The fourth-order valence-corrected chi connectivity index (χ4v) is 4.55. The van der Waals surface area contributed by atoms with Crippen LogP contribution in [0.1, 0.15) is 17.2 Å². The van der Waals surface area contributed by atoms with Crippen LogP contribution in [0.2, 0.25) is 0 Å². The first-order chi connectivity index (χ1) is 13.8. The Labute approximate surface area is 174 Å². The van der Waals surface area contributed by atoms with Crippen molar-refractivity contribution in [2.75, 3.05) is 0 Å². The molecule has 0 saturated heterocycles. The highest BCUT2D eigenvalue weighted by molar-refractivity contribution is 7.99. The molecule has 0 amide bonds. The van der Waals surface area contributed by atoms with Gasteiger partial charge in [-0.15, -0.1) is 0 Å². The molecule has 0 spiro atoms. The summed E-state index contributed by atoms with van der Waals surface area (Å²) in [4.78, 5) is 4.75. The molecule has 0 aromatic heterocycles. The van der Waals surface area contributed by atoms with Gasteiger partial charge in [0, 0.05) is 19.6 Å². The molecule has 0 atom stereocenters. The lowest BCUT2D eigenvalue weighted by atomic mass is 10.0. The summed E-state index contributed by atoms with van der Waals surface area (Å²) < 4.78 is 0. The molecule has 0 unspecified atom stereocenters. The van der Waals surface area contributed by atoms with Crippen LogP contribution in [0.3, 0.4) is 0 Å². The molecule has 4 aromatic carbocycles. The Morgan fingerprint density at radius 1 is 0.429 bits per heavy atom. The molecule has 0 saturated carbocycles. The van der Waals surface area contributed by atoms with Crippen LogP contribution in [-0.2, 0) is 0 Å². The van der Waals surface area contributed by atoms with Crippen molar-refractivity contribution in [1.82, 2.24) is 0 Å². The summed E-state index contributed by atoms with van der Waals surface area (Å²) in [6.07, 6.45) is -0.619. The van der Waals surface area contributed by atoms with Crippen LogP contribution >= 0.6 is 23.5 Å². The minimum atomic E-state index is -0.619. The molecule has 4 rings (SSSR count). The normalized spacial score (nSPS) is 10.9. The highest BCUT2D eigenvalue weighted by atomic mass is 32.2. The van der Waals surface area contributed by atoms with Gasteiger partial charge in [0.15, 0.2) is 0 Å². The highest BCUT2D eigenvalue weighted by Gasteiger charge is 2.11. The number of hydrogen-bond acceptors (Lipinski definition) is 3. The standard InChI is InChI=1S/C25H20OS2/c26-25(19-11-15-23(16-12-19)27-21-7-3-1-4-8-21)20-13-17-24(18-14-20)28-22-9-5-2-6-10-22/h1-18,25-26H. The van der Waals surface area contributed by atoms with E-state index in [9.17, 15) is 5.11 Å². The van der Waals surface area contributed by atoms with Gasteiger partial charge in [-0.2, -0.15) is 0 Å². The van der Waals surface area contributed by atoms with E-state index in [0.717, 1.165) is 20.9 Å². The van der Waals surface area contributed by atoms with E-state index in [-0.39, 0.29) is 0 Å². The molecule has 0 aliphatic rings. The third-order valence-electron chi connectivity index (χ3n) is 4.35. The molecule has 1 N–H and O–H groups in total. The monoisotopic (exact) mass is 400 g/mol. The number of aliphatic hydroxyl groups is 1. The van der Waals surface area contributed by atoms with E-state index in [2.05, 4.69) is 48.5 Å². The van der Waals surface area contributed by atoms with Crippen molar-refractivity contribution in [3.05, 3.63) is 120 Å². The van der Waals surface area contributed by atoms with E-state index in [1.165, 1.54) is 9.79 Å². The van der Waals surface area contributed by atoms with Crippen molar-refractivity contribution >= 4 is 23.5 Å². The summed E-state index contributed by atoms with van der Waals surface area (Å²) in [5, 5.41) is 10.7. The van der Waals surface area contributed by atoms with Crippen LogP contribution in [0.4, 0.5) is 0 Å². The molecule has 3 heteroatoms. The molecule has 0 aliphatic carbocycles. The summed E-state index contributed by atoms with van der Waals surface area (Å²) in [6.45, 7) is 0.